The molecule has 0 spiro atoms. The van der Waals surface area contributed by atoms with Gasteiger partial charge in [-0.05, 0) is 19.1 Å². The van der Waals surface area contributed by atoms with E-state index in [9.17, 15) is 9.59 Å². The molecule has 1 aromatic rings. The number of ether oxygens (including phenoxy) is 1. The third-order valence-corrected chi connectivity index (χ3v) is 3.94. The van der Waals surface area contributed by atoms with Gasteiger partial charge in [0.1, 0.15) is 0 Å². The predicted octanol–water partition coefficient (Wildman–Crippen LogP) is 0.643. The predicted molar refractivity (Wildman–Crippen MR) is 88.3 cm³/mol. The van der Waals surface area contributed by atoms with Gasteiger partial charge in [0.25, 0.3) is 5.91 Å². The van der Waals surface area contributed by atoms with E-state index in [2.05, 4.69) is 22.5 Å². The fourth-order valence-electron chi connectivity index (χ4n) is 2.48. The molecule has 1 saturated heterocycles. The van der Waals surface area contributed by atoms with Crippen molar-refractivity contribution >= 4 is 11.8 Å². The van der Waals surface area contributed by atoms with Crippen LogP contribution < -0.4 is 10.6 Å². The molecule has 6 nitrogen and oxygen atoms in total. The maximum atomic E-state index is 11.8. The fourth-order valence-corrected chi connectivity index (χ4v) is 2.48. The van der Waals surface area contributed by atoms with Crippen LogP contribution in [0.25, 0.3) is 0 Å². The topological polar surface area (TPSA) is 70.7 Å². The molecule has 0 bridgehead atoms. The summed E-state index contributed by atoms with van der Waals surface area (Å²) in [4.78, 5) is 26.0. The van der Waals surface area contributed by atoms with Crippen molar-refractivity contribution in [3.63, 3.8) is 0 Å². The van der Waals surface area contributed by atoms with Gasteiger partial charge in [0.05, 0.1) is 13.2 Å². The van der Waals surface area contributed by atoms with Crippen LogP contribution in [0.4, 0.5) is 0 Å². The summed E-state index contributed by atoms with van der Waals surface area (Å²) in [7, 11) is 0. The number of nitrogens with one attached hydrogen (secondary N) is 2. The molecule has 23 heavy (non-hydrogen) atoms. The highest BCUT2D eigenvalue weighted by Crippen LogP contribution is 2.02. The Morgan fingerprint density at radius 3 is 2.57 bits per heavy atom. The Morgan fingerprint density at radius 1 is 1.17 bits per heavy atom. The molecule has 1 aliphatic rings. The average Bonchev–Trinajstić information content (AvgIpc) is 2.61. The van der Waals surface area contributed by atoms with E-state index in [1.165, 1.54) is 0 Å². The van der Waals surface area contributed by atoms with E-state index in [4.69, 9.17) is 4.74 Å². The molecule has 1 aromatic carbocycles. The van der Waals surface area contributed by atoms with Crippen LogP contribution in [-0.2, 0) is 9.53 Å². The van der Waals surface area contributed by atoms with E-state index in [0.717, 1.165) is 26.3 Å². The lowest BCUT2D eigenvalue weighted by Gasteiger charge is -2.32. The minimum Gasteiger partial charge on any atom is -0.379 e. The van der Waals surface area contributed by atoms with Crippen LogP contribution in [-0.4, -0.2) is 62.1 Å². The quantitative estimate of drug-likeness (QED) is 0.774. The molecule has 6 heteroatoms. The van der Waals surface area contributed by atoms with Crippen molar-refractivity contribution in [2.45, 2.75) is 19.4 Å². The number of benzene rings is 1. The van der Waals surface area contributed by atoms with E-state index in [1.807, 2.05) is 18.2 Å². The van der Waals surface area contributed by atoms with Gasteiger partial charge in [-0.2, -0.15) is 0 Å². The monoisotopic (exact) mass is 319 g/mol. The van der Waals surface area contributed by atoms with Crippen molar-refractivity contribution in [2.24, 2.45) is 0 Å². The van der Waals surface area contributed by atoms with Crippen LogP contribution in [0.2, 0.25) is 0 Å². The number of carbonyl (C=O) groups excluding carboxylic acids is 2. The first-order chi connectivity index (χ1) is 11.2. The molecule has 2 rings (SSSR count). The van der Waals surface area contributed by atoms with Crippen LogP contribution >= 0.6 is 0 Å². The van der Waals surface area contributed by atoms with Gasteiger partial charge in [-0.25, -0.2) is 0 Å². The number of carbonyl (C=O) groups is 2. The Hall–Kier alpha value is -1.92. The molecule has 1 atom stereocenters. The van der Waals surface area contributed by atoms with Crippen LogP contribution in [0.15, 0.2) is 30.3 Å². The third-order valence-electron chi connectivity index (χ3n) is 3.94. The molecule has 0 radical (unpaired) electrons. The van der Waals surface area contributed by atoms with Crippen LogP contribution in [0.1, 0.15) is 23.7 Å². The second kappa shape index (κ2) is 9.27. The molecule has 1 unspecified atom stereocenters. The van der Waals surface area contributed by atoms with E-state index in [1.54, 1.807) is 12.1 Å². The molecule has 0 aromatic heterocycles. The first-order valence-electron chi connectivity index (χ1n) is 8.08. The van der Waals surface area contributed by atoms with Gasteiger partial charge in [-0.3, -0.25) is 14.5 Å². The van der Waals surface area contributed by atoms with Crippen LogP contribution in [0.3, 0.4) is 0 Å². The molecule has 0 aliphatic carbocycles. The average molecular weight is 319 g/mol. The number of morpholine rings is 1. The molecular weight excluding hydrogens is 294 g/mol. The highest BCUT2D eigenvalue weighted by Gasteiger charge is 2.17. The number of rotatable bonds is 7. The van der Waals surface area contributed by atoms with Crippen molar-refractivity contribution in [1.29, 1.82) is 0 Å². The van der Waals surface area contributed by atoms with E-state index in [-0.39, 0.29) is 18.2 Å². The zero-order valence-electron chi connectivity index (χ0n) is 13.6. The highest BCUT2D eigenvalue weighted by atomic mass is 16.5. The number of hydrogen-bond acceptors (Lipinski definition) is 4. The smallest absolute Gasteiger partial charge is 0.251 e. The van der Waals surface area contributed by atoms with Gasteiger partial charge >= 0.3 is 0 Å². The lowest BCUT2D eigenvalue weighted by Crippen LogP contribution is -2.47. The van der Waals surface area contributed by atoms with Gasteiger partial charge in [-0.1, -0.05) is 18.2 Å². The van der Waals surface area contributed by atoms with Crippen molar-refractivity contribution in [1.82, 2.24) is 15.5 Å². The summed E-state index contributed by atoms with van der Waals surface area (Å²) < 4.78 is 5.32. The normalized spacial score (nSPS) is 16.6. The molecule has 1 aliphatic heterocycles. The van der Waals surface area contributed by atoms with Gasteiger partial charge in [0, 0.05) is 44.2 Å². The second-order valence-electron chi connectivity index (χ2n) is 5.67. The first kappa shape index (κ1) is 17.4. The summed E-state index contributed by atoms with van der Waals surface area (Å²) in [6.07, 6.45) is 0.286. The van der Waals surface area contributed by atoms with E-state index >= 15 is 0 Å². The lowest BCUT2D eigenvalue weighted by atomic mass is 10.2. The maximum absolute atomic E-state index is 11.8. The fraction of sp³-hybridized carbons (Fsp3) is 0.529. The van der Waals surface area contributed by atoms with E-state index < -0.39 is 0 Å². The molecule has 2 N–H and O–H groups in total. The van der Waals surface area contributed by atoms with Crippen molar-refractivity contribution in [2.75, 3.05) is 39.4 Å². The highest BCUT2D eigenvalue weighted by molar-refractivity contribution is 5.94. The van der Waals surface area contributed by atoms with Crippen molar-refractivity contribution < 1.29 is 14.3 Å². The van der Waals surface area contributed by atoms with Gasteiger partial charge in [-0.15, -0.1) is 0 Å². The Bertz CT molecular complexity index is 501. The molecule has 126 valence electrons. The summed E-state index contributed by atoms with van der Waals surface area (Å²) in [6, 6.07) is 9.28. The Labute approximate surface area is 137 Å². The minimum atomic E-state index is -0.153. The van der Waals surface area contributed by atoms with Gasteiger partial charge < -0.3 is 15.4 Å². The zero-order valence-corrected chi connectivity index (χ0v) is 13.6. The Balaban J connectivity index is 1.60. The standard InChI is InChI=1S/C17H25N3O3/c1-14(20-9-11-23-12-10-20)13-19-16(21)7-8-18-17(22)15-5-3-2-4-6-15/h2-6,14H,7-13H2,1H3,(H,18,22)(H,19,21). The van der Waals surface area contributed by atoms with Crippen LogP contribution in [0, 0.1) is 0 Å². The number of hydrogen-bond donors (Lipinski definition) is 2. The summed E-state index contributed by atoms with van der Waals surface area (Å²) in [5.41, 5.74) is 0.605. The third kappa shape index (κ3) is 6.00. The maximum Gasteiger partial charge on any atom is 0.251 e. The summed E-state index contributed by atoms with van der Waals surface area (Å²) in [5.74, 6) is -0.196. The molecule has 2 amide bonds. The Morgan fingerprint density at radius 2 is 1.87 bits per heavy atom. The number of amides is 2. The minimum absolute atomic E-state index is 0.0431. The van der Waals surface area contributed by atoms with Gasteiger partial charge in [0.15, 0.2) is 0 Å². The molecule has 1 heterocycles. The SMILES string of the molecule is CC(CNC(=O)CCNC(=O)c1ccccc1)N1CCOCC1. The zero-order chi connectivity index (χ0) is 16.5. The molecular formula is C17H25N3O3. The second-order valence-corrected chi connectivity index (χ2v) is 5.67. The first-order valence-corrected chi connectivity index (χ1v) is 8.08. The largest absolute Gasteiger partial charge is 0.379 e. The summed E-state index contributed by atoms with van der Waals surface area (Å²) in [5, 5.41) is 5.67. The Kier molecular flexibility index (Phi) is 7.03. The van der Waals surface area contributed by atoms with E-state index in [0.29, 0.717) is 24.7 Å². The lowest BCUT2D eigenvalue weighted by molar-refractivity contribution is -0.121. The van der Waals surface area contributed by atoms with Crippen molar-refractivity contribution in [3.8, 4) is 0 Å². The number of nitrogens with zero attached hydrogens (tertiary/aromatic N) is 1. The van der Waals surface area contributed by atoms with Crippen LogP contribution in [0.5, 0.6) is 0 Å². The molecule has 0 saturated carbocycles. The van der Waals surface area contributed by atoms with Gasteiger partial charge in [0.2, 0.25) is 5.91 Å². The van der Waals surface area contributed by atoms with Crippen molar-refractivity contribution in [3.05, 3.63) is 35.9 Å². The summed E-state index contributed by atoms with van der Waals surface area (Å²) in [6.45, 7) is 6.38. The molecule has 1 fully saturated rings. The summed E-state index contributed by atoms with van der Waals surface area (Å²) >= 11 is 0.